The summed E-state index contributed by atoms with van der Waals surface area (Å²) in [6, 6.07) is 5.92. The highest BCUT2D eigenvalue weighted by Crippen LogP contribution is 2.14. The number of nitriles is 1. The zero-order valence-electron chi connectivity index (χ0n) is 10.2. The van der Waals surface area contributed by atoms with E-state index in [-0.39, 0.29) is 0 Å². The van der Waals surface area contributed by atoms with Crippen LogP contribution in [0.3, 0.4) is 0 Å². The molecule has 3 nitrogen and oxygen atoms in total. The van der Waals surface area contributed by atoms with Gasteiger partial charge in [0.15, 0.2) is 0 Å². The Morgan fingerprint density at radius 3 is 2.89 bits per heavy atom. The molecule has 0 saturated heterocycles. The topological polar surface area (TPSA) is 41.1 Å². The first-order chi connectivity index (χ1) is 9.26. The predicted octanol–water partition coefficient (Wildman–Crippen LogP) is 2.98. The molecule has 90 valence electrons. The maximum atomic E-state index is 8.96. The normalized spacial score (nSPS) is 9.89. The van der Waals surface area contributed by atoms with Gasteiger partial charge in [-0.25, -0.2) is 4.98 Å². The number of thiophene rings is 1. The van der Waals surface area contributed by atoms with E-state index in [4.69, 9.17) is 5.26 Å². The lowest BCUT2D eigenvalue weighted by Crippen LogP contribution is -1.93. The predicted molar refractivity (Wildman–Crippen MR) is 74.9 cm³/mol. The quantitative estimate of drug-likeness (QED) is 0.585. The number of aromatic nitrogens is 2. The molecule has 3 rings (SSSR count). The van der Waals surface area contributed by atoms with Crippen LogP contribution in [-0.4, -0.2) is 9.38 Å². The first-order valence-corrected chi connectivity index (χ1v) is 6.64. The van der Waals surface area contributed by atoms with Crippen LogP contribution in [0.4, 0.5) is 0 Å². The molecule has 0 amide bonds. The number of fused-ring (bicyclic) bond motifs is 1. The summed E-state index contributed by atoms with van der Waals surface area (Å²) in [5.41, 5.74) is 4.05. The van der Waals surface area contributed by atoms with Crippen molar-refractivity contribution in [3.8, 4) is 17.9 Å². The number of nitrogens with zero attached hydrogens (tertiary/aromatic N) is 3. The van der Waals surface area contributed by atoms with E-state index in [0.29, 0.717) is 11.3 Å². The maximum Gasteiger partial charge on any atom is 0.137 e. The third-order valence-corrected chi connectivity index (χ3v) is 3.36. The number of hydrogen-bond donors (Lipinski definition) is 0. The van der Waals surface area contributed by atoms with Gasteiger partial charge in [0.1, 0.15) is 11.8 Å². The smallest absolute Gasteiger partial charge is 0.137 e. The largest absolute Gasteiger partial charge is 0.318 e. The summed E-state index contributed by atoms with van der Waals surface area (Å²) in [6.07, 6.45) is 3.69. The molecular formula is C15H9N3S. The molecule has 0 aliphatic heterocycles. The van der Waals surface area contributed by atoms with Crippen molar-refractivity contribution in [2.45, 2.75) is 6.92 Å². The molecule has 0 spiro atoms. The van der Waals surface area contributed by atoms with Crippen LogP contribution >= 0.6 is 11.3 Å². The third kappa shape index (κ3) is 2.22. The van der Waals surface area contributed by atoms with Crippen LogP contribution in [0, 0.1) is 30.1 Å². The third-order valence-electron chi connectivity index (χ3n) is 2.68. The van der Waals surface area contributed by atoms with Crippen LogP contribution in [-0.2, 0) is 0 Å². The molecule has 0 aliphatic carbocycles. The molecule has 4 heteroatoms. The second-order valence-electron chi connectivity index (χ2n) is 4.13. The minimum absolute atomic E-state index is 0.617. The van der Waals surface area contributed by atoms with Crippen molar-refractivity contribution in [2.75, 3.05) is 0 Å². The first kappa shape index (κ1) is 11.5. The lowest BCUT2D eigenvalue weighted by molar-refractivity contribution is 1.07. The Morgan fingerprint density at radius 2 is 2.16 bits per heavy atom. The van der Waals surface area contributed by atoms with E-state index in [0.717, 1.165) is 16.8 Å². The van der Waals surface area contributed by atoms with Gasteiger partial charge in [0.05, 0.1) is 16.8 Å². The molecule has 0 radical (unpaired) electrons. The molecule has 0 aliphatic rings. The van der Waals surface area contributed by atoms with Gasteiger partial charge in [0.2, 0.25) is 0 Å². The van der Waals surface area contributed by atoms with Crippen LogP contribution in [0.2, 0.25) is 0 Å². The molecule has 0 unspecified atom stereocenters. The molecular weight excluding hydrogens is 254 g/mol. The van der Waals surface area contributed by atoms with Gasteiger partial charge in [0, 0.05) is 23.3 Å². The standard InChI is InChI=1S/C15H9N3S/c1-11-8-18-9-13(7-16)6-15(18)14(17-11)3-2-12-4-5-19-10-12/h4-6,8-10H,1H3. The molecule has 3 aromatic rings. The van der Waals surface area contributed by atoms with Gasteiger partial charge in [-0.3, -0.25) is 0 Å². The van der Waals surface area contributed by atoms with Crippen LogP contribution in [0.1, 0.15) is 22.5 Å². The average Bonchev–Trinajstić information content (AvgIpc) is 3.04. The van der Waals surface area contributed by atoms with Gasteiger partial charge in [0.25, 0.3) is 0 Å². The average molecular weight is 263 g/mol. The van der Waals surface area contributed by atoms with E-state index in [1.54, 1.807) is 17.5 Å². The lowest BCUT2D eigenvalue weighted by atomic mass is 10.2. The summed E-state index contributed by atoms with van der Waals surface area (Å²) < 4.78 is 1.90. The highest BCUT2D eigenvalue weighted by atomic mass is 32.1. The Hall–Kier alpha value is -2.56. The van der Waals surface area contributed by atoms with Crippen molar-refractivity contribution in [3.05, 3.63) is 57.8 Å². The van der Waals surface area contributed by atoms with Gasteiger partial charge >= 0.3 is 0 Å². The molecule has 3 heterocycles. The summed E-state index contributed by atoms with van der Waals surface area (Å²) in [5, 5.41) is 13.0. The minimum atomic E-state index is 0.617. The van der Waals surface area contributed by atoms with Crippen LogP contribution in [0.5, 0.6) is 0 Å². The van der Waals surface area contributed by atoms with Crippen molar-refractivity contribution in [3.63, 3.8) is 0 Å². The Labute approximate surface area is 114 Å². The van der Waals surface area contributed by atoms with Crippen molar-refractivity contribution in [1.29, 1.82) is 5.26 Å². The molecule has 0 N–H and O–H groups in total. The maximum absolute atomic E-state index is 8.96. The van der Waals surface area contributed by atoms with E-state index in [1.807, 2.05) is 40.4 Å². The van der Waals surface area contributed by atoms with Gasteiger partial charge in [-0.2, -0.15) is 16.6 Å². The van der Waals surface area contributed by atoms with Gasteiger partial charge < -0.3 is 4.40 Å². The Kier molecular flexibility index (Phi) is 2.79. The van der Waals surface area contributed by atoms with E-state index in [2.05, 4.69) is 22.9 Å². The molecule has 0 bridgehead atoms. The summed E-state index contributed by atoms with van der Waals surface area (Å²) in [6.45, 7) is 1.92. The second kappa shape index (κ2) is 4.61. The number of rotatable bonds is 0. The summed E-state index contributed by atoms with van der Waals surface area (Å²) >= 11 is 1.62. The molecule has 0 saturated carbocycles. The van der Waals surface area contributed by atoms with Crippen molar-refractivity contribution >= 4 is 16.9 Å². The van der Waals surface area contributed by atoms with Crippen molar-refractivity contribution in [2.24, 2.45) is 0 Å². The molecule has 0 aromatic carbocycles. The van der Waals surface area contributed by atoms with E-state index >= 15 is 0 Å². The number of aryl methyl sites for hydroxylation is 1. The van der Waals surface area contributed by atoms with Crippen molar-refractivity contribution in [1.82, 2.24) is 9.38 Å². The van der Waals surface area contributed by atoms with E-state index in [1.165, 1.54) is 0 Å². The number of hydrogen-bond acceptors (Lipinski definition) is 3. The Morgan fingerprint density at radius 1 is 1.26 bits per heavy atom. The first-order valence-electron chi connectivity index (χ1n) is 5.70. The summed E-state index contributed by atoms with van der Waals surface area (Å²) in [7, 11) is 0. The monoisotopic (exact) mass is 263 g/mol. The zero-order chi connectivity index (χ0) is 13.2. The highest BCUT2D eigenvalue weighted by Gasteiger charge is 2.05. The van der Waals surface area contributed by atoms with E-state index in [9.17, 15) is 0 Å². The summed E-state index contributed by atoms with van der Waals surface area (Å²) in [4.78, 5) is 4.45. The highest BCUT2D eigenvalue weighted by molar-refractivity contribution is 7.08. The second-order valence-corrected chi connectivity index (χ2v) is 4.91. The fraction of sp³-hybridized carbons (Fsp3) is 0.0667. The Bertz CT molecular complexity index is 839. The summed E-state index contributed by atoms with van der Waals surface area (Å²) in [5.74, 6) is 6.17. The molecule has 19 heavy (non-hydrogen) atoms. The molecule has 0 atom stereocenters. The SMILES string of the molecule is Cc1cn2cc(C#N)cc2c(C#Cc2ccsc2)n1. The fourth-order valence-electron chi connectivity index (χ4n) is 1.86. The van der Waals surface area contributed by atoms with Gasteiger partial charge in [-0.1, -0.05) is 5.92 Å². The fourth-order valence-corrected chi connectivity index (χ4v) is 2.45. The van der Waals surface area contributed by atoms with Crippen molar-refractivity contribution < 1.29 is 0 Å². The van der Waals surface area contributed by atoms with Crippen LogP contribution in [0.15, 0.2) is 35.3 Å². The lowest BCUT2D eigenvalue weighted by Gasteiger charge is -1.99. The molecule has 0 fully saturated rings. The van der Waals surface area contributed by atoms with Gasteiger partial charge in [-0.05, 0) is 30.4 Å². The van der Waals surface area contributed by atoms with Gasteiger partial charge in [-0.15, -0.1) is 0 Å². The zero-order valence-corrected chi connectivity index (χ0v) is 11.0. The molecule has 3 aromatic heterocycles. The van der Waals surface area contributed by atoms with E-state index < -0.39 is 0 Å². The van der Waals surface area contributed by atoms with Crippen LogP contribution in [0.25, 0.3) is 5.52 Å². The Balaban J connectivity index is 2.17. The minimum Gasteiger partial charge on any atom is -0.318 e. The van der Waals surface area contributed by atoms with Crippen LogP contribution < -0.4 is 0 Å².